The topological polar surface area (TPSA) is 38.8 Å². The van der Waals surface area contributed by atoms with E-state index in [2.05, 4.69) is 44.2 Å². The van der Waals surface area contributed by atoms with Crippen molar-refractivity contribution in [3.63, 3.8) is 0 Å². The highest BCUT2D eigenvalue weighted by atomic mass is 16.6. The zero-order chi connectivity index (χ0) is 19.0. The normalized spacial score (nSPS) is 27.9. The largest absolute Gasteiger partial charge is 0.444 e. The molecule has 2 fully saturated rings. The van der Waals surface area contributed by atoms with E-state index in [9.17, 15) is 4.79 Å². The lowest BCUT2D eigenvalue weighted by Crippen LogP contribution is -2.58. The van der Waals surface area contributed by atoms with Crippen LogP contribution in [0.15, 0.2) is 30.3 Å². The summed E-state index contributed by atoms with van der Waals surface area (Å²) in [5, 5.41) is 0. The van der Waals surface area contributed by atoms with Crippen LogP contribution in [-0.2, 0) is 15.9 Å². The Kier molecular flexibility index (Phi) is 5.08. The molecule has 26 heavy (non-hydrogen) atoms. The first-order chi connectivity index (χ1) is 12.1. The molecule has 1 aromatic rings. The van der Waals surface area contributed by atoms with Crippen LogP contribution in [0.5, 0.6) is 0 Å². The Morgan fingerprint density at radius 1 is 1.27 bits per heavy atom. The van der Waals surface area contributed by atoms with Crippen molar-refractivity contribution in [1.82, 2.24) is 4.90 Å². The lowest BCUT2D eigenvalue weighted by atomic mass is 9.64. The van der Waals surface area contributed by atoms with E-state index >= 15 is 0 Å². The van der Waals surface area contributed by atoms with E-state index in [1.165, 1.54) is 5.56 Å². The van der Waals surface area contributed by atoms with Crippen LogP contribution in [0, 0.1) is 10.8 Å². The molecule has 2 unspecified atom stereocenters. The average Bonchev–Trinajstić information content (AvgIpc) is 2.97. The fourth-order valence-electron chi connectivity index (χ4n) is 4.47. The van der Waals surface area contributed by atoms with E-state index in [1.807, 2.05) is 25.7 Å². The van der Waals surface area contributed by atoms with Gasteiger partial charge >= 0.3 is 6.09 Å². The van der Waals surface area contributed by atoms with Gasteiger partial charge in [-0.15, -0.1) is 0 Å². The smallest absolute Gasteiger partial charge is 0.410 e. The van der Waals surface area contributed by atoms with Crippen LogP contribution >= 0.6 is 0 Å². The minimum atomic E-state index is -0.460. The fraction of sp³-hybridized carbons (Fsp3) is 0.682. The summed E-state index contributed by atoms with van der Waals surface area (Å²) in [6.45, 7) is 12.6. The standard InChI is InChI=1S/C22H33NO3/c1-20(2,3)26-19(24)23-14-13-22(15-23,18-21(4,5)16-25-18)12-11-17-9-7-6-8-10-17/h6-10,18H,11-16H2,1-5H3. The Bertz CT molecular complexity index is 635. The van der Waals surface area contributed by atoms with Crippen LogP contribution in [0.3, 0.4) is 0 Å². The van der Waals surface area contributed by atoms with Crippen LogP contribution in [0.1, 0.15) is 53.0 Å². The molecule has 0 radical (unpaired) electrons. The number of carbonyl (C=O) groups is 1. The fourth-order valence-corrected chi connectivity index (χ4v) is 4.47. The predicted octanol–water partition coefficient (Wildman–Crippen LogP) is 4.67. The van der Waals surface area contributed by atoms with Crippen molar-refractivity contribution in [2.75, 3.05) is 19.7 Å². The van der Waals surface area contributed by atoms with Gasteiger partial charge in [0.25, 0.3) is 0 Å². The van der Waals surface area contributed by atoms with Gasteiger partial charge in [-0.1, -0.05) is 44.2 Å². The van der Waals surface area contributed by atoms with Gasteiger partial charge in [-0.3, -0.25) is 0 Å². The molecule has 4 heteroatoms. The van der Waals surface area contributed by atoms with Gasteiger partial charge in [0.15, 0.2) is 0 Å². The summed E-state index contributed by atoms with van der Waals surface area (Å²) >= 11 is 0. The van der Waals surface area contributed by atoms with Gasteiger partial charge in [-0.2, -0.15) is 0 Å². The van der Waals surface area contributed by atoms with Gasteiger partial charge in [0.1, 0.15) is 5.60 Å². The lowest BCUT2D eigenvalue weighted by Gasteiger charge is -2.53. The third kappa shape index (κ3) is 4.06. The summed E-state index contributed by atoms with van der Waals surface area (Å²) in [6, 6.07) is 10.6. The highest BCUT2D eigenvalue weighted by molar-refractivity contribution is 5.68. The summed E-state index contributed by atoms with van der Waals surface area (Å²) in [6.07, 6.45) is 3.03. The maximum atomic E-state index is 12.6. The predicted molar refractivity (Wildman–Crippen MR) is 103 cm³/mol. The number of carbonyl (C=O) groups excluding carboxylic acids is 1. The molecule has 3 rings (SSSR count). The van der Waals surface area contributed by atoms with Gasteiger partial charge < -0.3 is 14.4 Å². The minimum absolute atomic E-state index is 0.00843. The molecular weight excluding hydrogens is 326 g/mol. The van der Waals surface area contributed by atoms with Crippen molar-refractivity contribution < 1.29 is 14.3 Å². The first-order valence-corrected chi connectivity index (χ1v) is 9.75. The summed E-state index contributed by atoms with van der Waals surface area (Å²) < 4.78 is 11.7. The quantitative estimate of drug-likeness (QED) is 0.784. The van der Waals surface area contributed by atoms with Gasteiger partial charge in [-0.25, -0.2) is 4.79 Å². The molecule has 2 aliphatic rings. The van der Waals surface area contributed by atoms with E-state index < -0.39 is 5.60 Å². The van der Waals surface area contributed by atoms with Crippen molar-refractivity contribution in [2.24, 2.45) is 10.8 Å². The first-order valence-electron chi connectivity index (χ1n) is 9.75. The summed E-state index contributed by atoms with van der Waals surface area (Å²) in [5.74, 6) is 0. The summed E-state index contributed by atoms with van der Waals surface area (Å²) in [5.41, 5.74) is 1.06. The molecule has 0 aromatic heterocycles. The van der Waals surface area contributed by atoms with Gasteiger partial charge in [0.05, 0.1) is 12.7 Å². The molecule has 0 spiro atoms. The Hall–Kier alpha value is -1.55. The molecule has 2 heterocycles. The molecule has 2 atom stereocenters. The average molecular weight is 360 g/mol. The molecule has 4 nitrogen and oxygen atoms in total. The van der Waals surface area contributed by atoms with Gasteiger partial charge in [0, 0.05) is 23.9 Å². The van der Waals surface area contributed by atoms with Crippen molar-refractivity contribution in [3.8, 4) is 0 Å². The van der Waals surface area contributed by atoms with Crippen LogP contribution in [0.4, 0.5) is 4.79 Å². The SMILES string of the molecule is CC(C)(C)OC(=O)N1CCC(CCc2ccccc2)(C2OCC2(C)C)C1. The monoisotopic (exact) mass is 359 g/mol. The molecule has 0 aliphatic carbocycles. The third-order valence-electron chi connectivity index (χ3n) is 5.68. The number of aryl methyl sites for hydroxylation is 1. The maximum absolute atomic E-state index is 12.6. The second-order valence-electron chi connectivity index (χ2n) is 9.68. The first kappa shape index (κ1) is 19.2. The number of hydrogen-bond donors (Lipinski definition) is 0. The van der Waals surface area contributed by atoms with Gasteiger partial charge in [0.2, 0.25) is 0 Å². The third-order valence-corrected chi connectivity index (χ3v) is 5.68. The maximum Gasteiger partial charge on any atom is 0.410 e. The molecule has 2 aliphatic heterocycles. The highest BCUT2D eigenvalue weighted by Gasteiger charge is 2.56. The number of ether oxygens (including phenoxy) is 2. The molecule has 0 saturated carbocycles. The molecule has 144 valence electrons. The van der Waals surface area contributed by atoms with E-state index in [4.69, 9.17) is 9.47 Å². The lowest BCUT2D eigenvalue weighted by molar-refractivity contribution is -0.223. The Morgan fingerprint density at radius 2 is 1.96 bits per heavy atom. The molecule has 0 bridgehead atoms. The van der Waals surface area contributed by atoms with E-state index in [0.717, 1.165) is 39.0 Å². The van der Waals surface area contributed by atoms with Crippen LogP contribution < -0.4 is 0 Å². The molecule has 0 N–H and O–H groups in total. The molecule has 1 amide bonds. The Labute approximate surface area is 157 Å². The van der Waals surface area contributed by atoms with E-state index in [-0.39, 0.29) is 23.0 Å². The zero-order valence-corrected chi connectivity index (χ0v) is 16.9. The number of likely N-dealkylation sites (tertiary alicyclic amines) is 1. The van der Waals surface area contributed by atoms with Crippen molar-refractivity contribution in [2.45, 2.75) is 65.6 Å². The highest BCUT2D eigenvalue weighted by Crippen LogP contribution is 2.51. The Balaban J connectivity index is 1.74. The second-order valence-corrected chi connectivity index (χ2v) is 9.68. The Morgan fingerprint density at radius 3 is 2.50 bits per heavy atom. The molecule has 2 saturated heterocycles. The molecular formula is C22H33NO3. The zero-order valence-electron chi connectivity index (χ0n) is 16.9. The van der Waals surface area contributed by atoms with E-state index in [0.29, 0.717) is 0 Å². The van der Waals surface area contributed by atoms with Crippen LogP contribution in [0.2, 0.25) is 0 Å². The summed E-state index contributed by atoms with van der Waals surface area (Å²) in [7, 11) is 0. The number of hydrogen-bond acceptors (Lipinski definition) is 3. The van der Waals surface area contributed by atoms with E-state index in [1.54, 1.807) is 0 Å². The van der Waals surface area contributed by atoms with Crippen molar-refractivity contribution in [3.05, 3.63) is 35.9 Å². The second kappa shape index (κ2) is 6.88. The van der Waals surface area contributed by atoms with Gasteiger partial charge in [-0.05, 0) is 45.6 Å². The van der Waals surface area contributed by atoms with Crippen molar-refractivity contribution >= 4 is 6.09 Å². The number of amides is 1. The molecule has 1 aromatic carbocycles. The minimum Gasteiger partial charge on any atom is -0.444 e. The van der Waals surface area contributed by atoms with Crippen molar-refractivity contribution in [1.29, 1.82) is 0 Å². The van der Waals surface area contributed by atoms with Crippen LogP contribution in [0.25, 0.3) is 0 Å². The number of benzene rings is 1. The number of nitrogens with zero attached hydrogens (tertiary/aromatic N) is 1. The number of rotatable bonds is 4. The summed E-state index contributed by atoms with van der Waals surface area (Å²) in [4.78, 5) is 14.5. The van der Waals surface area contributed by atoms with Crippen LogP contribution in [-0.4, -0.2) is 42.4 Å².